The molecule has 0 spiro atoms. The molecule has 0 fully saturated rings. The Morgan fingerprint density at radius 3 is 2.47 bits per heavy atom. The highest BCUT2D eigenvalue weighted by Crippen LogP contribution is 2.06. The summed E-state index contributed by atoms with van der Waals surface area (Å²) in [4.78, 5) is 11.4. The van der Waals surface area contributed by atoms with Crippen molar-refractivity contribution in [1.82, 2.24) is 0 Å². The van der Waals surface area contributed by atoms with Crippen LogP contribution in [0.15, 0.2) is 61.3 Å². The maximum Gasteiger partial charge on any atom is 0.155 e. The Balaban J connectivity index is 3.43. The van der Waals surface area contributed by atoms with E-state index in [4.69, 9.17) is 0 Å². The van der Waals surface area contributed by atoms with E-state index in [1.807, 2.05) is 31.2 Å². The van der Waals surface area contributed by atoms with E-state index in [0.717, 1.165) is 19.3 Å². The minimum absolute atomic E-state index is 0.210. The van der Waals surface area contributed by atoms with E-state index in [9.17, 15) is 4.79 Å². The van der Waals surface area contributed by atoms with Crippen LogP contribution in [0.2, 0.25) is 0 Å². The smallest absolute Gasteiger partial charge is 0.155 e. The fourth-order valence-electron chi connectivity index (χ4n) is 1.59. The summed E-state index contributed by atoms with van der Waals surface area (Å²) in [5.74, 6) is 0.210. The Labute approximate surface area is 118 Å². The van der Waals surface area contributed by atoms with Gasteiger partial charge in [-0.2, -0.15) is 0 Å². The summed E-state index contributed by atoms with van der Waals surface area (Å²) in [6, 6.07) is 0. The van der Waals surface area contributed by atoms with Gasteiger partial charge in [-0.15, -0.1) is 0 Å². The topological polar surface area (TPSA) is 17.1 Å². The van der Waals surface area contributed by atoms with Crippen LogP contribution in [-0.2, 0) is 4.79 Å². The summed E-state index contributed by atoms with van der Waals surface area (Å²) < 4.78 is 0. The van der Waals surface area contributed by atoms with Crippen molar-refractivity contribution in [2.45, 2.75) is 45.4 Å². The minimum Gasteiger partial charge on any atom is -0.295 e. The Bertz CT molecular complexity index is 343. The van der Waals surface area contributed by atoms with E-state index in [0.29, 0.717) is 6.42 Å². The van der Waals surface area contributed by atoms with Crippen LogP contribution < -0.4 is 0 Å². The van der Waals surface area contributed by atoms with Crippen LogP contribution >= 0.6 is 0 Å². The van der Waals surface area contributed by atoms with Crippen molar-refractivity contribution in [3.63, 3.8) is 0 Å². The molecule has 0 atom stereocenters. The Morgan fingerprint density at radius 1 is 0.947 bits per heavy atom. The minimum atomic E-state index is 0.210. The fourth-order valence-corrected chi connectivity index (χ4v) is 1.59. The second kappa shape index (κ2) is 14.4. The lowest BCUT2D eigenvalue weighted by Gasteiger charge is -1.97. The summed E-state index contributed by atoms with van der Waals surface area (Å²) in [6.45, 7) is 5.58. The zero-order chi connectivity index (χ0) is 14.2. The largest absolute Gasteiger partial charge is 0.295 e. The number of allylic oxidation sites excluding steroid dienone is 9. The summed E-state index contributed by atoms with van der Waals surface area (Å²) in [7, 11) is 0. The SMILES string of the molecule is C=C/C=C/C=C/C(=O)CCCCCC/C=C/C=C/C. The number of carbonyl (C=O) groups is 1. The van der Waals surface area contributed by atoms with Crippen molar-refractivity contribution in [2.24, 2.45) is 0 Å². The molecule has 0 aliphatic rings. The molecular weight excluding hydrogens is 232 g/mol. The van der Waals surface area contributed by atoms with Gasteiger partial charge < -0.3 is 0 Å². The number of ketones is 1. The van der Waals surface area contributed by atoms with Crippen molar-refractivity contribution in [2.75, 3.05) is 0 Å². The van der Waals surface area contributed by atoms with Crippen molar-refractivity contribution < 1.29 is 4.79 Å². The van der Waals surface area contributed by atoms with Gasteiger partial charge in [0.15, 0.2) is 5.78 Å². The van der Waals surface area contributed by atoms with Crippen molar-refractivity contribution >= 4 is 5.78 Å². The van der Waals surface area contributed by atoms with Gasteiger partial charge in [0.05, 0.1) is 0 Å². The summed E-state index contributed by atoms with van der Waals surface area (Å²) in [5, 5.41) is 0. The van der Waals surface area contributed by atoms with E-state index < -0.39 is 0 Å². The molecule has 0 bridgehead atoms. The average Bonchev–Trinajstić information content (AvgIpc) is 2.42. The molecule has 0 aromatic rings. The molecule has 0 aliphatic carbocycles. The lowest BCUT2D eigenvalue weighted by Crippen LogP contribution is -1.91. The first-order valence-electron chi connectivity index (χ1n) is 7.07. The predicted octanol–water partition coefficient (Wildman–Crippen LogP) is 5.33. The summed E-state index contributed by atoms with van der Waals surface area (Å²) in [6.07, 6.45) is 23.4. The van der Waals surface area contributed by atoms with Crippen LogP contribution in [0.5, 0.6) is 0 Å². The molecular formula is C18H26O. The summed E-state index contributed by atoms with van der Waals surface area (Å²) >= 11 is 0. The number of hydrogen-bond donors (Lipinski definition) is 0. The van der Waals surface area contributed by atoms with Gasteiger partial charge in [-0.1, -0.05) is 68.0 Å². The van der Waals surface area contributed by atoms with Gasteiger partial charge in [0.2, 0.25) is 0 Å². The summed E-state index contributed by atoms with van der Waals surface area (Å²) in [5.41, 5.74) is 0. The molecule has 0 saturated heterocycles. The Hall–Kier alpha value is -1.63. The number of hydrogen-bond acceptors (Lipinski definition) is 1. The molecule has 0 rings (SSSR count). The highest BCUT2D eigenvalue weighted by atomic mass is 16.1. The molecule has 1 heteroatoms. The van der Waals surface area contributed by atoms with Crippen molar-refractivity contribution in [3.8, 4) is 0 Å². The van der Waals surface area contributed by atoms with Gasteiger partial charge in [0, 0.05) is 6.42 Å². The van der Waals surface area contributed by atoms with Crippen LogP contribution in [0.1, 0.15) is 45.4 Å². The molecule has 0 aromatic heterocycles. The predicted molar refractivity (Wildman–Crippen MR) is 85.1 cm³/mol. The molecule has 0 amide bonds. The number of unbranched alkanes of at least 4 members (excludes halogenated alkanes) is 4. The molecule has 0 heterocycles. The highest BCUT2D eigenvalue weighted by molar-refractivity contribution is 5.89. The first-order valence-corrected chi connectivity index (χ1v) is 7.07. The first kappa shape index (κ1) is 17.4. The van der Waals surface area contributed by atoms with E-state index in [-0.39, 0.29) is 5.78 Å². The molecule has 0 unspecified atom stereocenters. The number of rotatable bonds is 11. The molecule has 0 aliphatic heterocycles. The highest BCUT2D eigenvalue weighted by Gasteiger charge is 1.95. The third-order valence-corrected chi connectivity index (χ3v) is 2.62. The molecule has 0 radical (unpaired) electrons. The average molecular weight is 258 g/mol. The van der Waals surface area contributed by atoms with Crippen LogP contribution in [0.3, 0.4) is 0 Å². The normalized spacial score (nSPS) is 12.3. The molecule has 19 heavy (non-hydrogen) atoms. The standard InChI is InChI=1S/C18H26O/c1-3-5-7-9-10-11-12-13-15-17-18(19)16-14-8-6-4-2/h3-9,14,16H,2,10-13,15,17H2,1H3/b5-3+,8-6+,9-7+,16-14+. The van der Waals surface area contributed by atoms with Crippen molar-refractivity contribution in [1.29, 1.82) is 0 Å². The van der Waals surface area contributed by atoms with E-state index in [1.54, 1.807) is 18.2 Å². The van der Waals surface area contributed by atoms with Crippen LogP contribution in [0, 0.1) is 0 Å². The lowest BCUT2D eigenvalue weighted by atomic mass is 10.1. The van der Waals surface area contributed by atoms with Crippen LogP contribution in [-0.4, -0.2) is 5.78 Å². The second-order valence-electron chi connectivity index (χ2n) is 4.35. The van der Waals surface area contributed by atoms with Gasteiger partial charge in [0.1, 0.15) is 0 Å². The number of carbonyl (C=O) groups excluding carboxylic acids is 1. The Kier molecular flexibility index (Phi) is 13.2. The molecule has 104 valence electrons. The lowest BCUT2D eigenvalue weighted by molar-refractivity contribution is -0.114. The fraction of sp³-hybridized carbons (Fsp3) is 0.389. The Morgan fingerprint density at radius 2 is 1.74 bits per heavy atom. The second-order valence-corrected chi connectivity index (χ2v) is 4.35. The van der Waals surface area contributed by atoms with E-state index >= 15 is 0 Å². The maximum atomic E-state index is 11.4. The molecule has 0 aromatic carbocycles. The molecule has 1 nitrogen and oxygen atoms in total. The van der Waals surface area contributed by atoms with Gasteiger partial charge in [0.25, 0.3) is 0 Å². The van der Waals surface area contributed by atoms with E-state index in [2.05, 4.69) is 18.7 Å². The monoisotopic (exact) mass is 258 g/mol. The van der Waals surface area contributed by atoms with Crippen LogP contribution in [0.4, 0.5) is 0 Å². The van der Waals surface area contributed by atoms with Gasteiger partial charge in [-0.3, -0.25) is 4.79 Å². The molecule has 0 saturated carbocycles. The first-order chi connectivity index (χ1) is 9.31. The van der Waals surface area contributed by atoms with Gasteiger partial charge >= 0.3 is 0 Å². The molecule has 0 N–H and O–H groups in total. The zero-order valence-electron chi connectivity index (χ0n) is 12.1. The third-order valence-electron chi connectivity index (χ3n) is 2.62. The van der Waals surface area contributed by atoms with Gasteiger partial charge in [-0.05, 0) is 32.3 Å². The van der Waals surface area contributed by atoms with E-state index in [1.165, 1.54) is 12.8 Å². The quantitative estimate of drug-likeness (QED) is 0.278. The zero-order valence-corrected chi connectivity index (χ0v) is 12.1. The van der Waals surface area contributed by atoms with Crippen molar-refractivity contribution in [3.05, 3.63) is 61.3 Å². The maximum absolute atomic E-state index is 11.4. The van der Waals surface area contributed by atoms with Gasteiger partial charge in [-0.25, -0.2) is 0 Å². The van der Waals surface area contributed by atoms with Crippen LogP contribution in [0.25, 0.3) is 0 Å². The third kappa shape index (κ3) is 14.3.